The number of hydrogen-bond acceptors (Lipinski definition) is 1. The highest BCUT2D eigenvalue weighted by molar-refractivity contribution is 6.12. The molecule has 0 radical (unpaired) electrons. The Morgan fingerprint density at radius 2 is 0.725 bits per heavy atom. The smallest absolute Gasteiger partial charge is 0.0546 e. The van der Waals surface area contributed by atoms with Crippen molar-refractivity contribution in [1.82, 2.24) is 0 Å². The zero-order chi connectivity index (χ0) is 34.0. The summed E-state index contributed by atoms with van der Waals surface area (Å²) in [5.41, 5.74) is 13.0. The highest BCUT2D eigenvalue weighted by Crippen LogP contribution is 2.47. The van der Waals surface area contributed by atoms with Crippen LogP contribution in [0.2, 0.25) is 0 Å². The molecular weight excluding hydrogens is 615 g/mol. The maximum absolute atomic E-state index is 2.40. The van der Waals surface area contributed by atoms with Gasteiger partial charge in [-0.15, -0.1) is 0 Å². The van der Waals surface area contributed by atoms with Crippen molar-refractivity contribution in [2.45, 2.75) is 0 Å². The Labute approximate surface area is 299 Å². The van der Waals surface area contributed by atoms with Gasteiger partial charge in [-0.3, -0.25) is 0 Å². The zero-order valence-electron chi connectivity index (χ0n) is 28.2. The van der Waals surface area contributed by atoms with Gasteiger partial charge in [-0.05, 0) is 91.0 Å². The minimum atomic E-state index is 1.12. The second-order valence-electron chi connectivity index (χ2n) is 12.9. The predicted molar refractivity (Wildman–Crippen MR) is 218 cm³/mol. The van der Waals surface area contributed by atoms with Crippen LogP contribution in [0.3, 0.4) is 0 Å². The van der Waals surface area contributed by atoms with Crippen molar-refractivity contribution < 1.29 is 0 Å². The molecule has 0 aromatic heterocycles. The van der Waals surface area contributed by atoms with Crippen LogP contribution < -0.4 is 4.90 Å². The number of anilines is 3. The summed E-state index contributed by atoms with van der Waals surface area (Å²) in [5, 5.41) is 4.93. The molecule has 1 heteroatoms. The summed E-state index contributed by atoms with van der Waals surface area (Å²) in [6, 6.07) is 76.6. The molecule has 0 saturated carbocycles. The summed E-state index contributed by atoms with van der Waals surface area (Å²) in [6.07, 6.45) is 0. The van der Waals surface area contributed by atoms with Crippen LogP contribution in [0.15, 0.2) is 212 Å². The Hall–Kier alpha value is -6.70. The lowest BCUT2D eigenvalue weighted by atomic mass is 9.87. The summed E-state index contributed by atoms with van der Waals surface area (Å²) in [7, 11) is 0. The predicted octanol–water partition coefficient (Wildman–Crippen LogP) is 14.1. The van der Waals surface area contributed by atoms with E-state index in [9.17, 15) is 0 Å². The molecule has 0 aliphatic heterocycles. The average molecular weight is 650 g/mol. The highest BCUT2D eigenvalue weighted by atomic mass is 15.1. The summed E-state index contributed by atoms with van der Waals surface area (Å²) >= 11 is 0. The van der Waals surface area contributed by atoms with Gasteiger partial charge < -0.3 is 4.90 Å². The molecule has 0 bridgehead atoms. The molecule has 0 fully saturated rings. The molecule has 9 aromatic rings. The van der Waals surface area contributed by atoms with Crippen LogP contribution in [0.5, 0.6) is 0 Å². The quantitative estimate of drug-likeness (QED) is 0.166. The van der Waals surface area contributed by atoms with E-state index in [0.29, 0.717) is 0 Å². The molecule has 0 heterocycles. The number of rotatable bonds is 7. The lowest BCUT2D eigenvalue weighted by Crippen LogP contribution is -2.11. The molecule has 9 aromatic carbocycles. The van der Waals surface area contributed by atoms with Crippen molar-refractivity contribution in [2.75, 3.05) is 4.90 Å². The van der Waals surface area contributed by atoms with Crippen LogP contribution in [-0.2, 0) is 0 Å². The van der Waals surface area contributed by atoms with Gasteiger partial charge in [0.1, 0.15) is 0 Å². The monoisotopic (exact) mass is 649 g/mol. The number of nitrogens with zero attached hydrogens (tertiary/aromatic N) is 1. The minimum Gasteiger partial charge on any atom is -0.310 e. The Kier molecular flexibility index (Phi) is 7.92. The topological polar surface area (TPSA) is 3.24 Å². The van der Waals surface area contributed by atoms with E-state index in [1.54, 1.807) is 0 Å². The van der Waals surface area contributed by atoms with E-state index >= 15 is 0 Å². The summed E-state index contributed by atoms with van der Waals surface area (Å²) < 4.78 is 0. The molecule has 0 aliphatic carbocycles. The van der Waals surface area contributed by atoms with E-state index in [-0.39, 0.29) is 0 Å². The molecule has 0 N–H and O–H groups in total. The molecule has 0 atom stereocenters. The Morgan fingerprint density at radius 1 is 0.275 bits per heavy atom. The van der Waals surface area contributed by atoms with Gasteiger partial charge in [-0.25, -0.2) is 0 Å². The van der Waals surface area contributed by atoms with Gasteiger partial charge in [0.05, 0.1) is 5.69 Å². The number of hydrogen-bond donors (Lipinski definition) is 0. The third-order valence-corrected chi connectivity index (χ3v) is 9.87. The largest absolute Gasteiger partial charge is 0.310 e. The van der Waals surface area contributed by atoms with Crippen LogP contribution >= 0.6 is 0 Å². The van der Waals surface area contributed by atoms with Crippen LogP contribution in [0.4, 0.5) is 17.1 Å². The number of fused-ring (bicyclic) bond motifs is 2. The average Bonchev–Trinajstić information content (AvgIpc) is 3.22. The molecule has 51 heavy (non-hydrogen) atoms. The second-order valence-corrected chi connectivity index (χ2v) is 12.9. The molecule has 0 saturated heterocycles. The standard InChI is InChI=1S/C50H35N/c1-4-15-36(16-5-1)37-27-33-41(34-28-37)50-47-25-13-12-24-46(47)49(51(42-19-6-2-7-20-42)43-21-8-3-9-22-43)35-48(50)40-31-29-39(30-32-40)45-26-14-18-38-17-10-11-23-44(38)45/h1-35H. The SMILES string of the molecule is c1ccc(-c2ccc(-c3c(-c4ccc(-c5cccc6ccccc56)cc4)cc(N(c4ccccc4)c4ccccc4)c4ccccc34)cc2)cc1. The molecule has 0 aliphatic rings. The van der Waals surface area contributed by atoms with Crippen molar-refractivity contribution in [2.24, 2.45) is 0 Å². The minimum absolute atomic E-state index is 1.12. The lowest BCUT2D eigenvalue weighted by Gasteiger charge is -2.29. The lowest BCUT2D eigenvalue weighted by molar-refractivity contribution is 1.30. The first kappa shape index (κ1) is 30.4. The van der Waals surface area contributed by atoms with Crippen LogP contribution in [0.1, 0.15) is 0 Å². The Morgan fingerprint density at radius 3 is 1.37 bits per heavy atom. The van der Waals surface area contributed by atoms with Crippen LogP contribution in [0.25, 0.3) is 66.1 Å². The van der Waals surface area contributed by atoms with Gasteiger partial charge in [0.25, 0.3) is 0 Å². The van der Waals surface area contributed by atoms with Crippen molar-refractivity contribution >= 4 is 38.6 Å². The molecule has 1 nitrogen and oxygen atoms in total. The number of benzene rings is 9. The van der Waals surface area contributed by atoms with Crippen LogP contribution in [-0.4, -0.2) is 0 Å². The van der Waals surface area contributed by atoms with E-state index in [4.69, 9.17) is 0 Å². The van der Waals surface area contributed by atoms with E-state index in [1.807, 2.05) is 0 Å². The normalized spacial score (nSPS) is 11.1. The molecule has 0 amide bonds. The van der Waals surface area contributed by atoms with E-state index in [2.05, 4.69) is 217 Å². The van der Waals surface area contributed by atoms with Gasteiger partial charge in [0.15, 0.2) is 0 Å². The molecule has 240 valence electrons. The third-order valence-electron chi connectivity index (χ3n) is 9.87. The Bertz CT molecular complexity index is 2550. The summed E-state index contributed by atoms with van der Waals surface area (Å²) in [4.78, 5) is 2.39. The highest BCUT2D eigenvalue weighted by Gasteiger charge is 2.21. The zero-order valence-corrected chi connectivity index (χ0v) is 28.2. The van der Waals surface area contributed by atoms with E-state index in [0.717, 1.165) is 17.1 Å². The van der Waals surface area contributed by atoms with Crippen molar-refractivity contribution in [3.05, 3.63) is 212 Å². The molecular formula is C50H35N. The molecule has 0 spiro atoms. The van der Waals surface area contributed by atoms with E-state index in [1.165, 1.54) is 66.1 Å². The van der Waals surface area contributed by atoms with Crippen molar-refractivity contribution in [3.63, 3.8) is 0 Å². The van der Waals surface area contributed by atoms with Gasteiger partial charge in [-0.2, -0.15) is 0 Å². The second kappa shape index (κ2) is 13.3. The van der Waals surface area contributed by atoms with E-state index < -0.39 is 0 Å². The fourth-order valence-corrected chi connectivity index (χ4v) is 7.43. The summed E-state index contributed by atoms with van der Waals surface area (Å²) in [5.74, 6) is 0. The van der Waals surface area contributed by atoms with Crippen molar-refractivity contribution in [1.29, 1.82) is 0 Å². The van der Waals surface area contributed by atoms with Crippen molar-refractivity contribution in [3.8, 4) is 44.5 Å². The van der Waals surface area contributed by atoms with Crippen LogP contribution in [0, 0.1) is 0 Å². The fraction of sp³-hybridized carbons (Fsp3) is 0. The first-order valence-corrected chi connectivity index (χ1v) is 17.5. The van der Waals surface area contributed by atoms with Gasteiger partial charge in [-0.1, -0.05) is 182 Å². The van der Waals surface area contributed by atoms with Gasteiger partial charge >= 0.3 is 0 Å². The molecule has 0 unspecified atom stereocenters. The summed E-state index contributed by atoms with van der Waals surface area (Å²) in [6.45, 7) is 0. The van der Waals surface area contributed by atoms with Gasteiger partial charge in [0, 0.05) is 16.8 Å². The Balaban J connectivity index is 1.28. The first-order valence-electron chi connectivity index (χ1n) is 17.5. The van der Waals surface area contributed by atoms with Gasteiger partial charge in [0.2, 0.25) is 0 Å². The number of para-hydroxylation sites is 2. The third kappa shape index (κ3) is 5.75. The maximum Gasteiger partial charge on any atom is 0.0546 e. The maximum atomic E-state index is 2.40. The first-order chi connectivity index (χ1) is 25.3. The fourth-order valence-electron chi connectivity index (χ4n) is 7.43. The molecule has 9 rings (SSSR count).